The van der Waals surface area contributed by atoms with Crippen LogP contribution >= 0.6 is 0 Å². The van der Waals surface area contributed by atoms with Gasteiger partial charge in [-0.1, -0.05) is 85.8 Å². The average Bonchev–Trinajstić information content (AvgIpc) is 3.01. The van der Waals surface area contributed by atoms with E-state index >= 15 is 0 Å². The van der Waals surface area contributed by atoms with Crippen LogP contribution in [0.5, 0.6) is 0 Å². The Labute approximate surface area is 252 Å². The molecule has 3 aromatic carbocycles. The van der Waals surface area contributed by atoms with E-state index < -0.39 is 14.6 Å². The number of hydrogen-bond donors (Lipinski definition) is 0. The number of likely N-dealkylation sites (tertiary alicyclic amines) is 1. The molecule has 0 N–H and O–H groups in total. The molecule has 4 rings (SSSR count). The third kappa shape index (κ3) is 7.61. The summed E-state index contributed by atoms with van der Waals surface area (Å²) in [6, 6.07) is 29.0. The molecule has 1 heterocycles. The summed E-state index contributed by atoms with van der Waals surface area (Å²) in [5.74, 6) is 0. The Kier molecular flexibility index (Phi) is 10.5. The third-order valence-electron chi connectivity index (χ3n) is 8.83. The number of hydrogen-bond acceptors (Lipinski definition) is 5. The highest BCUT2D eigenvalue weighted by Crippen LogP contribution is 2.41. The minimum Gasteiger partial charge on any atom is -0.445 e. The van der Waals surface area contributed by atoms with Crippen molar-refractivity contribution >= 4 is 15.9 Å². The van der Waals surface area contributed by atoms with E-state index in [1.54, 1.807) is 24.3 Å². The molecule has 1 atom stereocenters. The Morgan fingerprint density at radius 2 is 1.43 bits per heavy atom. The van der Waals surface area contributed by atoms with E-state index in [-0.39, 0.29) is 24.2 Å². The van der Waals surface area contributed by atoms with Crippen molar-refractivity contribution in [1.82, 2.24) is 9.80 Å². The standard InChI is InChI=1S/C35H46N2O4S/c1-5-37(33(38)41-27-29-15-9-6-10-16-29)31-21-24-36(25-22-31)26-23-35(4,30-17-11-7-12-18-30)28-34(2,3)42(39,40)32-19-13-8-14-20-32/h6-20,31H,5,21-28H2,1-4H3. The number of nitrogens with zero attached hydrogens (tertiary/aromatic N) is 2. The van der Waals surface area contributed by atoms with Gasteiger partial charge in [-0.2, -0.15) is 0 Å². The first kappa shape index (κ1) is 31.8. The van der Waals surface area contributed by atoms with Gasteiger partial charge in [-0.05, 0) is 81.7 Å². The molecule has 1 amide bonds. The molecule has 42 heavy (non-hydrogen) atoms. The Balaban J connectivity index is 1.39. The Bertz CT molecular complexity index is 1370. The number of amides is 1. The topological polar surface area (TPSA) is 66.9 Å². The number of carbonyl (C=O) groups is 1. The molecule has 7 heteroatoms. The number of rotatable bonds is 12. The zero-order valence-corrected chi connectivity index (χ0v) is 26.4. The maximum absolute atomic E-state index is 13.7. The van der Waals surface area contributed by atoms with Crippen molar-refractivity contribution < 1.29 is 17.9 Å². The Morgan fingerprint density at radius 3 is 2.00 bits per heavy atom. The van der Waals surface area contributed by atoms with Gasteiger partial charge in [0.15, 0.2) is 9.84 Å². The Hall–Kier alpha value is -3.16. The lowest BCUT2D eigenvalue weighted by Gasteiger charge is -2.41. The first-order valence-corrected chi connectivity index (χ1v) is 16.6. The summed E-state index contributed by atoms with van der Waals surface area (Å²) in [6.45, 7) is 11.5. The number of carbonyl (C=O) groups excluding carboxylic acids is 1. The van der Waals surface area contributed by atoms with Crippen molar-refractivity contribution in [2.75, 3.05) is 26.2 Å². The minimum absolute atomic E-state index is 0.157. The second-order valence-corrected chi connectivity index (χ2v) is 14.9. The predicted molar refractivity (Wildman–Crippen MR) is 169 cm³/mol. The van der Waals surface area contributed by atoms with Crippen LogP contribution in [0.15, 0.2) is 95.9 Å². The van der Waals surface area contributed by atoms with Crippen LogP contribution in [0.25, 0.3) is 0 Å². The quantitative estimate of drug-likeness (QED) is 0.225. The van der Waals surface area contributed by atoms with Crippen LogP contribution < -0.4 is 0 Å². The van der Waals surface area contributed by atoms with Crippen LogP contribution in [0.3, 0.4) is 0 Å². The first-order valence-electron chi connectivity index (χ1n) is 15.1. The molecule has 0 aromatic heterocycles. The Morgan fingerprint density at radius 1 is 0.881 bits per heavy atom. The summed E-state index contributed by atoms with van der Waals surface area (Å²) in [5, 5.41) is 0. The summed E-state index contributed by atoms with van der Waals surface area (Å²) in [4.78, 5) is 17.6. The van der Waals surface area contributed by atoms with Crippen LogP contribution in [0.1, 0.15) is 64.5 Å². The fourth-order valence-electron chi connectivity index (χ4n) is 6.33. The average molecular weight is 591 g/mol. The zero-order chi connectivity index (χ0) is 30.2. The van der Waals surface area contributed by atoms with Gasteiger partial charge in [0.25, 0.3) is 0 Å². The van der Waals surface area contributed by atoms with Crippen LogP contribution in [0.2, 0.25) is 0 Å². The first-order chi connectivity index (χ1) is 20.1. The number of benzene rings is 3. The number of piperidine rings is 1. The highest BCUT2D eigenvalue weighted by atomic mass is 32.2. The van der Waals surface area contributed by atoms with E-state index in [4.69, 9.17) is 4.74 Å². The molecular formula is C35H46N2O4S. The molecule has 0 saturated carbocycles. The zero-order valence-electron chi connectivity index (χ0n) is 25.5. The SMILES string of the molecule is CCN(C(=O)OCc1ccccc1)C1CCN(CCC(C)(CC(C)(C)S(=O)(=O)c2ccccc2)c2ccccc2)CC1. The molecule has 1 aliphatic rings. The molecule has 6 nitrogen and oxygen atoms in total. The van der Waals surface area contributed by atoms with E-state index in [2.05, 4.69) is 24.0 Å². The lowest BCUT2D eigenvalue weighted by atomic mass is 9.73. The molecule has 3 aromatic rings. The number of sulfone groups is 1. The molecular weight excluding hydrogens is 544 g/mol. The van der Waals surface area contributed by atoms with Crippen molar-refractivity contribution in [3.63, 3.8) is 0 Å². The summed E-state index contributed by atoms with van der Waals surface area (Å²) < 4.78 is 32.1. The predicted octanol–water partition coefficient (Wildman–Crippen LogP) is 7.10. The van der Waals surface area contributed by atoms with Gasteiger partial charge in [0.05, 0.1) is 9.64 Å². The monoisotopic (exact) mass is 590 g/mol. The molecule has 0 spiro atoms. The van der Waals surface area contributed by atoms with Gasteiger partial charge in [-0.15, -0.1) is 0 Å². The smallest absolute Gasteiger partial charge is 0.410 e. The molecule has 0 aliphatic carbocycles. The van der Waals surface area contributed by atoms with Gasteiger partial charge in [0.2, 0.25) is 0 Å². The lowest BCUT2D eigenvalue weighted by molar-refractivity contribution is 0.0619. The second-order valence-electron chi connectivity index (χ2n) is 12.3. The van der Waals surface area contributed by atoms with Gasteiger partial charge in [-0.3, -0.25) is 0 Å². The van der Waals surface area contributed by atoms with Crippen molar-refractivity contribution in [3.8, 4) is 0 Å². The van der Waals surface area contributed by atoms with Crippen LogP contribution in [0.4, 0.5) is 4.79 Å². The second kappa shape index (κ2) is 13.9. The highest BCUT2D eigenvalue weighted by Gasteiger charge is 2.43. The molecule has 0 radical (unpaired) electrons. The van der Waals surface area contributed by atoms with E-state index in [0.717, 1.165) is 50.0 Å². The molecule has 1 aliphatic heterocycles. The maximum Gasteiger partial charge on any atom is 0.410 e. The van der Waals surface area contributed by atoms with Crippen LogP contribution in [0, 0.1) is 0 Å². The van der Waals surface area contributed by atoms with Gasteiger partial charge in [0, 0.05) is 25.7 Å². The van der Waals surface area contributed by atoms with Crippen LogP contribution in [-0.4, -0.2) is 61.3 Å². The summed E-state index contributed by atoms with van der Waals surface area (Å²) >= 11 is 0. The van der Waals surface area contributed by atoms with Crippen molar-refractivity contribution in [2.45, 2.75) is 81.1 Å². The maximum atomic E-state index is 13.7. The minimum atomic E-state index is -3.54. The third-order valence-corrected chi connectivity index (χ3v) is 11.3. The van der Waals surface area contributed by atoms with E-state index in [1.165, 1.54) is 0 Å². The van der Waals surface area contributed by atoms with E-state index in [1.807, 2.05) is 80.3 Å². The summed E-state index contributed by atoms with van der Waals surface area (Å²) in [5.41, 5.74) is 1.81. The summed E-state index contributed by atoms with van der Waals surface area (Å²) in [7, 11) is -3.54. The van der Waals surface area contributed by atoms with Gasteiger partial charge in [-0.25, -0.2) is 13.2 Å². The van der Waals surface area contributed by atoms with Crippen molar-refractivity contribution in [3.05, 3.63) is 102 Å². The highest BCUT2D eigenvalue weighted by molar-refractivity contribution is 7.92. The molecule has 1 fully saturated rings. The van der Waals surface area contributed by atoms with Crippen molar-refractivity contribution in [1.29, 1.82) is 0 Å². The fraction of sp³-hybridized carbons (Fsp3) is 0.457. The van der Waals surface area contributed by atoms with Gasteiger partial charge in [0.1, 0.15) is 6.61 Å². The van der Waals surface area contributed by atoms with Crippen LogP contribution in [-0.2, 0) is 26.6 Å². The van der Waals surface area contributed by atoms with Gasteiger partial charge < -0.3 is 14.5 Å². The largest absolute Gasteiger partial charge is 0.445 e. The summed E-state index contributed by atoms with van der Waals surface area (Å²) in [6.07, 6.45) is 2.88. The van der Waals surface area contributed by atoms with E-state index in [0.29, 0.717) is 17.9 Å². The fourth-order valence-corrected chi connectivity index (χ4v) is 7.99. The molecule has 1 saturated heterocycles. The van der Waals surface area contributed by atoms with E-state index in [9.17, 15) is 13.2 Å². The lowest BCUT2D eigenvalue weighted by Crippen LogP contribution is -2.48. The molecule has 0 bridgehead atoms. The van der Waals surface area contributed by atoms with Crippen molar-refractivity contribution in [2.24, 2.45) is 0 Å². The van der Waals surface area contributed by atoms with Gasteiger partial charge >= 0.3 is 6.09 Å². The number of ether oxygens (including phenoxy) is 1. The normalized spacial score (nSPS) is 16.5. The molecule has 226 valence electrons. The molecule has 1 unspecified atom stereocenters.